The smallest absolute Gasteiger partial charge is 0.410 e. The Hall–Kier alpha value is -8.07. The van der Waals surface area contributed by atoms with Gasteiger partial charge in [-0.05, 0) is 111 Å². The zero-order valence-corrected chi connectivity index (χ0v) is 45.5. The van der Waals surface area contributed by atoms with E-state index in [2.05, 4.69) is 0 Å². The number of carboxylic acid groups (broad SMARTS) is 2. The van der Waals surface area contributed by atoms with Crippen molar-refractivity contribution >= 4 is 71.2 Å². The molecule has 2 atom stereocenters. The molecule has 21 heteroatoms. The SMILES string of the molecule is CC(C)c1ccccc1-c1c(C=CC(=O)N2CCN(C(=O)OC(C)(C)C)CC2C(=O)O)ccc(Sc2ccc(C=CC(=O)N3CCN(C(=O)OC(C)(C)C)CC3C(=O)O)c(-c3ccccc3C(C)C)c2[N+](=O)[O-])c1[N+](=O)[O-]. The molecule has 2 heterocycles. The number of carbonyl (C=O) groups is 6. The van der Waals surface area contributed by atoms with E-state index in [0.29, 0.717) is 22.3 Å². The highest BCUT2D eigenvalue weighted by Crippen LogP contribution is 2.50. The van der Waals surface area contributed by atoms with Crippen LogP contribution in [-0.4, -0.2) is 138 Å². The van der Waals surface area contributed by atoms with Gasteiger partial charge in [-0.15, -0.1) is 0 Å². The van der Waals surface area contributed by atoms with Crippen molar-refractivity contribution in [1.82, 2.24) is 19.6 Å². The summed E-state index contributed by atoms with van der Waals surface area (Å²) in [6.07, 6.45) is 3.51. The Bertz CT molecular complexity index is 2850. The minimum atomic E-state index is -1.43. The van der Waals surface area contributed by atoms with Crippen LogP contribution in [0, 0.1) is 20.2 Å². The first-order valence-electron chi connectivity index (χ1n) is 25.0. The predicted molar refractivity (Wildman–Crippen MR) is 289 cm³/mol. The summed E-state index contributed by atoms with van der Waals surface area (Å²) < 4.78 is 10.9. The number of carbonyl (C=O) groups excluding carboxylic acids is 4. The van der Waals surface area contributed by atoms with Crippen LogP contribution >= 0.6 is 11.8 Å². The normalized spacial score (nSPS) is 16.3. The molecule has 2 fully saturated rings. The van der Waals surface area contributed by atoms with Crippen LogP contribution in [0.15, 0.2) is 94.7 Å². The lowest BCUT2D eigenvalue weighted by atomic mass is 9.89. The number of rotatable bonds is 14. The third kappa shape index (κ3) is 13.9. The molecule has 0 spiro atoms. The van der Waals surface area contributed by atoms with Crippen molar-refractivity contribution in [1.29, 1.82) is 0 Å². The summed E-state index contributed by atoms with van der Waals surface area (Å²) in [5, 5.41) is 47.6. The van der Waals surface area contributed by atoms with Crippen LogP contribution in [-0.2, 0) is 28.7 Å². The predicted octanol–water partition coefficient (Wildman–Crippen LogP) is 10.3. The number of nitro benzene ring substituents is 2. The Morgan fingerprint density at radius 2 is 0.935 bits per heavy atom. The van der Waals surface area contributed by atoms with Crippen molar-refractivity contribution < 1.29 is 58.3 Å². The number of piperazine rings is 2. The second-order valence-corrected chi connectivity index (χ2v) is 22.2. The number of nitro groups is 2. The fraction of sp³-hybridized carbons (Fsp3) is 0.393. The zero-order chi connectivity index (χ0) is 56.8. The third-order valence-electron chi connectivity index (χ3n) is 12.6. The van der Waals surface area contributed by atoms with Crippen molar-refractivity contribution in [2.24, 2.45) is 0 Å². The van der Waals surface area contributed by atoms with Crippen LogP contribution in [0.1, 0.15) is 103 Å². The minimum absolute atomic E-state index is 0.00569. The number of hydrogen-bond acceptors (Lipinski definition) is 13. The van der Waals surface area contributed by atoms with Gasteiger partial charge >= 0.3 is 24.1 Å². The van der Waals surface area contributed by atoms with E-state index in [1.807, 2.05) is 39.8 Å². The summed E-state index contributed by atoms with van der Waals surface area (Å²) in [7, 11) is 0. The highest BCUT2D eigenvalue weighted by atomic mass is 32.2. The van der Waals surface area contributed by atoms with E-state index < -0.39 is 80.4 Å². The zero-order valence-electron chi connectivity index (χ0n) is 44.7. The molecule has 2 N–H and O–H groups in total. The Balaban J connectivity index is 1.45. The van der Waals surface area contributed by atoms with E-state index in [9.17, 15) is 59.2 Å². The minimum Gasteiger partial charge on any atom is -0.480 e. The first-order chi connectivity index (χ1) is 36.1. The molecule has 0 aromatic heterocycles. The summed E-state index contributed by atoms with van der Waals surface area (Å²) in [5.74, 6) is -4.49. The van der Waals surface area contributed by atoms with Gasteiger partial charge in [0, 0.05) is 38.3 Å². The molecule has 2 aliphatic rings. The largest absolute Gasteiger partial charge is 0.480 e. The standard InChI is InChI=1S/C56H64N6O14S/c1-33(2)37-15-11-13-17-39(37)47-35(21-25-45(63)59-29-27-57(31-41(59)51(65)66)53(69)75-55(5,6)7)19-23-43(49(47)61(71)72)77-44-24-20-36(48(50(44)62(73)74)40-18-14-12-16-38(40)34(3)4)22-26-46(64)60-30-28-58(32-42(60)52(67)68)54(70)76-56(8,9)10/h11-26,33-34,41-42H,27-32H2,1-10H3,(H,65,66)(H,67,68). The topological polar surface area (TPSA) is 261 Å². The number of amides is 4. The van der Waals surface area contributed by atoms with Crippen molar-refractivity contribution in [3.63, 3.8) is 0 Å². The average Bonchev–Trinajstić information content (AvgIpc) is 3.35. The van der Waals surface area contributed by atoms with Crippen molar-refractivity contribution in [3.05, 3.63) is 127 Å². The molecule has 0 bridgehead atoms. The van der Waals surface area contributed by atoms with Crippen LogP contribution < -0.4 is 0 Å². The summed E-state index contributed by atoms with van der Waals surface area (Å²) in [4.78, 5) is 109. The number of ether oxygens (including phenoxy) is 2. The number of carboxylic acids is 2. The van der Waals surface area contributed by atoms with Crippen LogP contribution in [0.2, 0.25) is 0 Å². The maximum atomic E-state index is 13.9. The molecule has 2 aliphatic heterocycles. The fourth-order valence-corrected chi connectivity index (χ4v) is 10.2. The molecule has 77 heavy (non-hydrogen) atoms. The molecule has 0 saturated carbocycles. The van der Waals surface area contributed by atoms with Gasteiger partial charge in [0.25, 0.3) is 11.4 Å². The molecule has 4 amide bonds. The van der Waals surface area contributed by atoms with Gasteiger partial charge in [-0.25, -0.2) is 19.2 Å². The molecule has 4 aromatic carbocycles. The van der Waals surface area contributed by atoms with Gasteiger partial charge in [0.15, 0.2) is 0 Å². The molecule has 0 aliphatic carbocycles. The molecule has 2 saturated heterocycles. The van der Waals surface area contributed by atoms with E-state index in [0.717, 1.165) is 33.7 Å². The van der Waals surface area contributed by atoms with Crippen LogP contribution in [0.3, 0.4) is 0 Å². The van der Waals surface area contributed by atoms with Gasteiger partial charge in [0.1, 0.15) is 23.3 Å². The Morgan fingerprint density at radius 1 is 0.584 bits per heavy atom. The van der Waals surface area contributed by atoms with Crippen molar-refractivity contribution in [2.75, 3.05) is 39.3 Å². The summed E-state index contributed by atoms with van der Waals surface area (Å²) >= 11 is 0.776. The Kier molecular flexibility index (Phi) is 18.0. The lowest BCUT2D eigenvalue weighted by Crippen LogP contribution is -2.59. The summed E-state index contributed by atoms with van der Waals surface area (Å²) in [6.45, 7) is 16.7. The molecular formula is C56H64N6O14S. The molecule has 20 nitrogen and oxygen atoms in total. The lowest BCUT2D eigenvalue weighted by molar-refractivity contribution is -0.387. The van der Waals surface area contributed by atoms with E-state index >= 15 is 0 Å². The van der Waals surface area contributed by atoms with Gasteiger partial charge in [0.05, 0.1) is 43.9 Å². The maximum Gasteiger partial charge on any atom is 0.410 e. The number of benzene rings is 4. The maximum absolute atomic E-state index is 13.9. The number of aliphatic carboxylic acids is 2. The van der Waals surface area contributed by atoms with Crippen LogP contribution in [0.25, 0.3) is 34.4 Å². The second kappa shape index (κ2) is 23.9. The molecule has 408 valence electrons. The molecule has 2 unspecified atom stereocenters. The molecular weight excluding hydrogens is 1010 g/mol. The van der Waals surface area contributed by atoms with Crippen molar-refractivity contribution in [3.8, 4) is 22.3 Å². The van der Waals surface area contributed by atoms with Gasteiger partial charge in [0.2, 0.25) is 11.8 Å². The van der Waals surface area contributed by atoms with Gasteiger partial charge in [-0.1, -0.05) is 100 Å². The van der Waals surface area contributed by atoms with E-state index in [4.69, 9.17) is 9.47 Å². The van der Waals surface area contributed by atoms with E-state index in [1.54, 1.807) is 90.1 Å². The highest BCUT2D eigenvalue weighted by molar-refractivity contribution is 7.99. The Morgan fingerprint density at radius 3 is 1.25 bits per heavy atom. The van der Waals surface area contributed by atoms with Crippen molar-refractivity contribution in [2.45, 2.75) is 114 Å². The molecule has 6 rings (SSSR count). The third-order valence-corrected chi connectivity index (χ3v) is 13.7. The van der Waals surface area contributed by atoms with Crippen LogP contribution in [0.4, 0.5) is 21.0 Å². The average molecular weight is 1080 g/mol. The summed E-state index contributed by atoms with van der Waals surface area (Å²) in [6, 6.07) is 17.1. The molecule has 4 aromatic rings. The van der Waals surface area contributed by atoms with Crippen LogP contribution in [0.5, 0.6) is 0 Å². The highest BCUT2D eigenvalue weighted by Gasteiger charge is 2.40. The number of nitrogens with zero attached hydrogens (tertiary/aromatic N) is 6. The van der Waals surface area contributed by atoms with E-state index in [-0.39, 0.29) is 83.1 Å². The van der Waals surface area contributed by atoms with Gasteiger partial charge in [-0.3, -0.25) is 29.8 Å². The first kappa shape index (κ1) is 58.2. The first-order valence-corrected chi connectivity index (χ1v) is 25.8. The number of hydrogen-bond donors (Lipinski definition) is 2. The van der Waals surface area contributed by atoms with E-state index in [1.165, 1.54) is 34.1 Å². The quantitative estimate of drug-likeness (QED) is 0.0676. The second-order valence-electron chi connectivity index (χ2n) is 21.1. The van der Waals surface area contributed by atoms with Gasteiger partial charge < -0.3 is 39.3 Å². The Labute approximate surface area is 450 Å². The monoisotopic (exact) mass is 1080 g/mol. The summed E-state index contributed by atoms with van der Waals surface area (Å²) in [5.41, 5.74) is 0.375. The van der Waals surface area contributed by atoms with Gasteiger partial charge in [-0.2, -0.15) is 0 Å². The lowest BCUT2D eigenvalue weighted by Gasteiger charge is -2.39. The fourth-order valence-electron chi connectivity index (χ4n) is 9.14. The molecule has 0 radical (unpaired) electrons.